The maximum absolute atomic E-state index is 5.24. The average molecular weight is 738 g/mol. The van der Waals surface area contributed by atoms with E-state index in [4.69, 9.17) is 15.0 Å². The third kappa shape index (κ3) is 5.98. The molecule has 58 heavy (non-hydrogen) atoms. The minimum atomic E-state index is 0.630. The van der Waals surface area contributed by atoms with E-state index in [1.807, 2.05) is 18.2 Å². The van der Waals surface area contributed by atoms with E-state index in [1.165, 1.54) is 48.8 Å². The molecule has 3 nitrogen and oxygen atoms in total. The number of fused-ring (bicyclic) bond motifs is 5. The van der Waals surface area contributed by atoms with Crippen LogP contribution in [0.4, 0.5) is 0 Å². The molecular formula is C55H35N3. The summed E-state index contributed by atoms with van der Waals surface area (Å²) in [6.45, 7) is 0. The van der Waals surface area contributed by atoms with Crippen LogP contribution in [0.3, 0.4) is 0 Å². The van der Waals surface area contributed by atoms with Crippen molar-refractivity contribution in [2.75, 3.05) is 0 Å². The molecule has 0 fully saturated rings. The first-order chi connectivity index (χ1) is 28.7. The predicted molar refractivity (Wildman–Crippen MR) is 242 cm³/mol. The van der Waals surface area contributed by atoms with Crippen molar-refractivity contribution in [1.82, 2.24) is 15.0 Å². The Labute approximate surface area is 336 Å². The summed E-state index contributed by atoms with van der Waals surface area (Å²) < 4.78 is 0. The van der Waals surface area contributed by atoms with Crippen LogP contribution < -0.4 is 0 Å². The number of benzene rings is 10. The fourth-order valence-electron chi connectivity index (χ4n) is 8.41. The van der Waals surface area contributed by atoms with Crippen molar-refractivity contribution in [2.45, 2.75) is 0 Å². The molecule has 0 atom stereocenters. The summed E-state index contributed by atoms with van der Waals surface area (Å²) >= 11 is 0. The zero-order valence-corrected chi connectivity index (χ0v) is 31.5. The molecule has 0 aliphatic heterocycles. The van der Waals surface area contributed by atoms with Gasteiger partial charge in [-0.2, -0.15) is 0 Å². The van der Waals surface area contributed by atoms with Gasteiger partial charge in [0.15, 0.2) is 17.5 Å². The molecule has 0 aliphatic carbocycles. The molecule has 0 saturated heterocycles. The van der Waals surface area contributed by atoms with Crippen molar-refractivity contribution in [2.24, 2.45) is 0 Å². The Bertz CT molecular complexity index is 3330. The molecule has 0 saturated carbocycles. The van der Waals surface area contributed by atoms with Crippen LogP contribution in [0.15, 0.2) is 212 Å². The molecule has 3 heteroatoms. The summed E-state index contributed by atoms with van der Waals surface area (Å²) in [4.78, 5) is 15.5. The van der Waals surface area contributed by atoms with Gasteiger partial charge in [-0.3, -0.25) is 0 Å². The van der Waals surface area contributed by atoms with Crippen molar-refractivity contribution in [3.63, 3.8) is 0 Å². The minimum Gasteiger partial charge on any atom is -0.208 e. The van der Waals surface area contributed by atoms with Crippen LogP contribution in [-0.2, 0) is 0 Å². The van der Waals surface area contributed by atoms with E-state index in [1.54, 1.807) is 0 Å². The van der Waals surface area contributed by atoms with Crippen LogP contribution in [-0.4, -0.2) is 15.0 Å². The standard InChI is InChI=1S/C55H35N3/c1-2-15-40(16-3-1)53-56-54(44-30-27-36-13-4-5-17-41(36)33-44)58-55(57-53)50-32-31-42(34-52(50)48-24-12-19-38-14-6-8-20-45(38)48)37-25-28-39(29-26-37)51-35-43-18-7-9-21-46(43)47-22-10-11-23-49(47)51/h1-35H. The van der Waals surface area contributed by atoms with E-state index in [0.717, 1.165) is 44.3 Å². The predicted octanol–water partition coefficient (Wildman–Crippen LogP) is 14.5. The van der Waals surface area contributed by atoms with E-state index in [-0.39, 0.29) is 0 Å². The minimum absolute atomic E-state index is 0.630. The number of hydrogen-bond donors (Lipinski definition) is 0. The number of hydrogen-bond acceptors (Lipinski definition) is 3. The van der Waals surface area contributed by atoms with Crippen LogP contribution in [0.1, 0.15) is 0 Å². The van der Waals surface area contributed by atoms with Crippen LogP contribution in [0.25, 0.3) is 111 Å². The molecular weight excluding hydrogens is 703 g/mol. The lowest BCUT2D eigenvalue weighted by molar-refractivity contribution is 1.07. The highest BCUT2D eigenvalue weighted by Crippen LogP contribution is 2.40. The maximum atomic E-state index is 5.24. The lowest BCUT2D eigenvalue weighted by Crippen LogP contribution is -2.01. The van der Waals surface area contributed by atoms with Crippen LogP contribution in [0.2, 0.25) is 0 Å². The van der Waals surface area contributed by atoms with Crippen molar-refractivity contribution in [3.05, 3.63) is 212 Å². The quantitative estimate of drug-likeness (QED) is 0.160. The summed E-state index contributed by atoms with van der Waals surface area (Å²) in [7, 11) is 0. The van der Waals surface area contributed by atoms with Crippen molar-refractivity contribution < 1.29 is 0 Å². The zero-order valence-electron chi connectivity index (χ0n) is 31.5. The molecule has 11 aromatic rings. The molecule has 10 aromatic carbocycles. The smallest absolute Gasteiger partial charge is 0.164 e. The first-order valence-electron chi connectivity index (χ1n) is 19.7. The highest BCUT2D eigenvalue weighted by molar-refractivity contribution is 6.13. The van der Waals surface area contributed by atoms with Crippen LogP contribution >= 0.6 is 0 Å². The van der Waals surface area contributed by atoms with Gasteiger partial charge in [-0.05, 0) is 101 Å². The van der Waals surface area contributed by atoms with Crippen molar-refractivity contribution in [3.8, 4) is 67.5 Å². The Kier molecular flexibility index (Phi) is 8.15. The van der Waals surface area contributed by atoms with Crippen molar-refractivity contribution >= 4 is 43.1 Å². The Hall–Kier alpha value is -7.75. The third-order valence-corrected chi connectivity index (χ3v) is 11.3. The molecule has 0 amide bonds. The SMILES string of the molecule is c1ccc(-c2nc(-c3ccc4ccccc4c3)nc(-c3ccc(-c4ccc(-c5cc6ccccc6c6ccccc56)cc4)cc3-c3cccc4ccccc34)n2)cc1. The van der Waals surface area contributed by atoms with Crippen LogP contribution in [0, 0.1) is 0 Å². The highest BCUT2D eigenvalue weighted by atomic mass is 15.0. The first kappa shape index (κ1) is 33.6. The number of rotatable bonds is 6. The Balaban J connectivity index is 1.08. The Morgan fingerprint density at radius 1 is 0.207 bits per heavy atom. The van der Waals surface area contributed by atoms with Gasteiger partial charge in [0, 0.05) is 16.7 Å². The number of aromatic nitrogens is 3. The largest absolute Gasteiger partial charge is 0.208 e. The molecule has 270 valence electrons. The van der Waals surface area contributed by atoms with Gasteiger partial charge in [-0.15, -0.1) is 0 Å². The molecule has 0 bridgehead atoms. The lowest BCUT2D eigenvalue weighted by Gasteiger charge is -2.16. The van der Waals surface area contributed by atoms with E-state index in [0.29, 0.717) is 17.5 Å². The van der Waals surface area contributed by atoms with Crippen LogP contribution in [0.5, 0.6) is 0 Å². The molecule has 0 N–H and O–H groups in total. The van der Waals surface area contributed by atoms with Crippen molar-refractivity contribution in [1.29, 1.82) is 0 Å². The van der Waals surface area contributed by atoms with Gasteiger partial charge < -0.3 is 0 Å². The second-order valence-electron chi connectivity index (χ2n) is 14.8. The van der Waals surface area contributed by atoms with E-state index >= 15 is 0 Å². The maximum Gasteiger partial charge on any atom is 0.164 e. The van der Waals surface area contributed by atoms with E-state index < -0.39 is 0 Å². The average Bonchev–Trinajstić information content (AvgIpc) is 3.31. The summed E-state index contributed by atoms with van der Waals surface area (Å²) in [5.74, 6) is 1.91. The Morgan fingerprint density at radius 3 is 1.59 bits per heavy atom. The monoisotopic (exact) mass is 737 g/mol. The lowest BCUT2D eigenvalue weighted by atomic mass is 9.90. The van der Waals surface area contributed by atoms with Gasteiger partial charge in [0.2, 0.25) is 0 Å². The molecule has 0 aliphatic rings. The summed E-state index contributed by atoms with van der Waals surface area (Å²) in [5, 5.41) is 9.72. The fourth-order valence-corrected chi connectivity index (χ4v) is 8.41. The van der Waals surface area contributed by atoms with Gasteiger partial charge >= 0.3 is 0 Å². The molecule has 0 spiro atoms. The zero-order chi connectivity index (χ0) is 38.4. The fraction of sp³-hybridized carbons (Fsp3) is 0. The third-order valence-electron chi connectivity index (χ3n) is 11.3. The second kappa shape index (κ2) is 14.1. The van der Waals surface area contributed by atoms with Gasteiger partial charge in [-0.25, -0.2) is 15.0 Å². The van der Waals surface area contributed by atoms with E-state index in [2.05, 4.69) is 194 Å². The Morgan fingerprint density at radius 2 is 0.776 bits per heavy atom. The first-order valence-corrected chi connectivity index (χ1v) is 19.7. The summed E-state index contributed by atoms with van der Waals surface area (Å²) in [6, 6.07) is 75.5. The molecule has 0 radical (unpaired) electrons. The van der Waals surface area contributed by atoms with E-state index in [9.17, 15) is 0 Å². The van der Waals surface area contributed by atoms with Gasteiger partial charge in [0.25, 0.3) is 0 Å². The summed E-state index contributed by atoms with van der Waals surface area (Å²) in [6.07, 6.45) is 0. The second-order valence-corrected chi connectivity index (χ2v) is 14.8. The topological polar surface area (TPSA) is 38.7 Å². The highest BCUT2D eigenvalue weighted by Gasteiger charge is 2.19. The normalized spacial score (nSPS) is 11.4. The van der Waals surface area contributed by atoms with Gasteiger partial charge in [0.05, 0.1) is 0 Å². The molecule has 1 heterocycles. The van der Waals surface area contributed by atoms with Gasteiger partial charge in [0.1, 0.15) is 0 Å². The number of nitrogens with zero attached hydrogens (tertiary/aromatic N) is 3. The molecule has 11 rings (SSSR count). The molecule has 1 aromatic heterocycles. The summed E-state index contributed by atoms with van der Waals surface area (Å²) in [5.41, 5.74) is 9.71. The molecule has 0 unspecified atom stereocenters. The van der Waals surface area contributed by atoms with Gasteiger partial charge in [-0.1, -0.05) is 188 Å².